The van der Waals surface area contributed by atoms with E-state index in [0.717, 1.165) is 23.8 Å². The van der Waals surface area contributed by atoms with Crippen molar-refractivity contribution in [1.82, 2.24) is 9.97 Å². The molecule has 2 heterocycles. The Morgan fingerprint density at radius 1 is 1.50 bits per heavy atom. The maximum absolute atomic E-state index is 11.0. The number of carbonyl (C=O) groups is 1. The lowest BCUT2D eigenvalue weighted by Gasteiger charge is -2.14. The molecule has 2 aromatic heterocycles. The number of aryl methyl sites for hydroxylation is 1. The summed E-state index contributed by atoms with van der Waals surface area (Å²) in [6, 6.07) is 0. The van der Waals surface area contributed by atoms with Crippen LogP contribution in [0.1, 0.15) is 21.1 Å². The van der Waals surface area contributed by atoms with Gasteiger partial charge in [-0.2, -0.15) is 0 Å². The Bertz CT molecular complexity index is 549. The van der Waals surface area contributed by atoms with Gasteiger partial charge < -0.3 is 10.6 Å². The highest BCUT2D eigenvalue weighted by Crippen LogP contribution is 2.20. The summed E-state index contributed by atoms with van der Waals surface area (Å²) >= 11 is 3.10. The molecule has 0 unspecified atom stereocenters. The van der Waals surface area contributed by atoms with Gasteiger partial charge in [-0.3, -0.25) is 4.79 Å². The number of aromatic nitrogens is 2. The van der Waals surface area contributed by atoms with Crippen LogP contribution >= 0.6 is 22.7 Å². The van der Waals surface area contributed by atoms with Gasteiger partial charge in [-0.25, -0.2) is 9.97 Å². The molecule has 18 heavy (non-hydrogen) atoms. The summed E-state index contributed by atoms with van der Waals surface area (Å²) in [5.74, 6) is -0.482. The third-order valence-corrected chi connectivity index (χ3v) is 4.54. The molecule has 0 fully saturated rings. The first-order valence-corrected chi connectivity index (χ1v) is 7.19. The van der Waals surface area contributed by atoms with Crippen LogP contribution in [-0.4, -0.2) is 29.5 Å². The molecule has 2 aromatic rings. The number of rotatable bonds is 5. The molecule has 0 saturated heterocycles. The summed E-state index contributed by atoms with van der Waals surface area (Å²) in [5, 5.41) is 2.50. The second kappa shape index (κ2) is 5.45. The van der Waals surface area contributed by atoms with Crippen LogP contribution in [0.3, 0.4) is 0 Å². The van der Waals surface area contributed by atoms with E-state index in [1.807, 2.05) is 24.4 Å². The van der Waals surface area contributed by atoms with Crippen LogP contribution in [0.4, 0.5) is 5.13 Å². The molecular formula is C11H14N4OS2. The van der Waals surface area contributed by atoms with Gasteiger partial charge in [0.05, 0.1) is 11.2 Å². The minimum Gasteiger partial charge on any atom is -0.364 e. The maximum Gasteiger partial charge on any atom is 0.268 e. The third kappa shape index (κ3) is 2.85. The van der Waals surface area contributed by atoms with Gasteiger partial charge in [0.1, 0.15) is 5.69 Å². The van der Waals surface area contributed by atoms with Crippen LogP contribution < -0.4 is 10.6 Å². The number of hydrogen-bond acceptors (Lipinski definition) is 6. The molecule has 0 radical (unpaired) electrons. The molecule has 5 nitrogen and oxygen atoms in total. The maximum atomic E-state index is 11.0. The minimum absolute atomic E-state index is 0.329. The van der Waals surface area contributed by atoms with Gasteiger partial charge in [-0.1, -0.05) is 0 Å². The summed E-state index contributed by atoms with van der Waals surface area (Å²) in [5.41, 5.74) is 8.46. The predicted molar refractivity (Wildman–Crippen MR) is 74.5 cm³/mol. The highest BCUT2D eigenvalue weighted by Gasteiger charge is 2.11. The van der Waals surface area contributed by atoms with E-state index in [2.05, 4.69) is 9.97 Å². The van der Waals surface area contributed by atoms with Gasteiger partial charge in [0, 0.05) is 30.3 Å². The standard InChI is InChI=1S/C11H14N4OS2/c1-7-9(18-6-13-7)3-4-15(2)11-14-8(5-17-11)10(12)16/h5-6H,3-4H2,1-2H3,(H2,12,16). The number of hydrogen-bond donors (Lipinski definition) is 1. The zero-order valence-electron chi connectivity index (χ0n) is 10.2. The van der Waals surface area contributed by atoms with Gasteiger partial charge in [-0.05, 0) is 6.92 Å². The molecule has 0 aliphatic carbocycles. The number of nitrogens with two attached hydrogens (primary N) is 1. The van der Waals surface area contributed by atoms with Gasteiger partial charge in [0.15, 0.2) is 5.13 Å². The average Bonchev–Trinajstić information content (AvgIpc) is 2.94. The van der Waals surface area contributed by atoms with E-state index in [1.165, 1.54) is 16.2 Å². The average molecular weight is 282 g/mol. The van der Waals surface area contributed by atoms with Crippen LogP contribution in [0, 0.1) is 6.92 Å². The van der Waals surface area contributed by atoms with E-state index in [9.17, 15) is 4.79 Å². The van der Waals surface area contributed by atoms with Crippen molar-refractivity contribution in [2.24, 2.45) is 5.73 Å². The molecule has 0 aliphatic rings. The van der Waals surface area contributed by atoms with Crippen molar-refractivity contribution >= 4 is 33.7 Å². The minimum atomic E-state index is -0.482. The highest BCUT2D eigenvalue weighted by atomic mass is 32.1. The normalized spacial score (nSPS) is 10.6. The molecule has 1 amide bonds. The molecule has 7 heteroatoms. The van der Waals surface area contributed by atoms with Crippen molar-refractivity contribution in [3.05, 3.63) is 27.2 Å². The number of carbonyl (C=O) groups excluding carboxylic acids is 1. The van der Waals surface area contributed by atoms with Gasteiger partial charge in [0.25, 0.3) is 5.91 Å². The van der Waals surface area contributed by atoms with Crippen LogP contribution in [0.5, 0.6) is 0 Å². The fourth-order valence-corrected chi connectivity index (χ4v) is 3.06. The summed E-state index contributed by atoms with van der Waals surface area (Å²) < 4.78 is 0. The number of thiazole rings is 2. The first-order valence-electron chi connectivity index (χ1n) is 5.43. The van der Waals surface area contributed by atoms with E-state index in [-0.39, 0.29) is 0 Å². The molecule has 0 aromatic carbocycles. The highest BCUT2D eigenvalue weighted by molar-refractivity contribution is 7.14. The number of amides is 1. The van der Waals surface area contributed by atoms with Crippen LogP contribution in [0.25, 0.3) is 0 Å². The summed E-state index contributed by atoms with van der Waals surface area (Å²) in [7, 11) is 1.96. The van der Waals surface area contributed by atoms with E-state index < -0.39 is 5.91 Å². The lowest BCUT2D eigenvalue weighted by Crippen LogP contribution is -2.20. The molecule has 0 atom stereocenters. The molecule has 2 N–H and O–H groups in total. The van der Waals surface area contributed by atoms with Gasteiger partial charge in [-0.15, -0.1) is 22.7 Å². The van der Waals surface area contributed by atoms with Crippen LogP contribution in [-0.2, 0) is 6.42 Å². The second-order valence-corrected chi connectivity index (χ2v) is 5.69. The van der Waals surface area contributed by atoms with Crippen LogP contribution in [0.15, 0.2) is 10.9 Å². The monoisotopic (exact) mass is 282 g/mol. The Hall–Kier alpha value is -1.47. The Kier molecular flexibility index (Phi) is 3.93. The lowest BCUT2D eigenvalue weighted by molar-refractivity contribution is 0.0996. The van der Waals surface area contributed by atoms with E-state index in [0.29, 0.717) is 5.69 Å². The first-order chi connectivity index (χ1) is 8.58. The number of nitrogens with zero attached hydrogens (tertiary/aromatic N) is 3. The Labute approximate surface area is 113 Å². The summed E-state index contributed by atoms with van der Waals surface area (Å²) in [4.78, 5) is 22.7. The molecule has 0 bridgehead atoms. The topological polar surface area (TPSA) is 72.1 Å². The van der Waals surface area contributed by atoms with E-state index in [1.54, 1.807) is 16.7 Å². The molecule has 0 saturated carbocycles. The number of likely N-dealkylation sites (N-methyl/N-ethyl adjacent to an activating group) is 1. The van der Waals surface area contributed by atoms with Gasteiger partial charge >= 0.3 is 0 Å². The zero-order valence-corrected chi connectivity index (χ0v) is 11.8. The van der Waals surface area contributed by atoms with E-state index in [4.69, 9.17) is 5.73 Å². The fourth-order valence-electron chi connectivity index (χ4n) is 1.48. The first kappa shape index (κ1) is 13.0. The molecular weight excluding hydrogens is 268 g/mol. The SMILES string of the molecule is Cc1ncsc1CCN(C)c1nc(C(N)=O)cs1. The molecule has 96 valence electrons. The quantitative estimate of drug-likeness (QED) is 0.905. The van der Waals surface area contributed by atoms with Crippen molar-refractivity contribution in [3.8, 4) is 0 Å². The Morgan fingerprint density at radius 2 is 2.28 bits per heavy atom. The Balaban J connectivity index is 1.97. The lowest BCUT2D eigenvalue weighted by atomic mass is 10.3. The largest absolute Gasteiger partial charge is 0.364 e. The third-order valence-electron chi connectivity index (χ3n) is 2.59. The van der Waals surface area contributed by atoms with Crippen molar-refractivity contribution in [2.75, 3.05) is 18.5 Å². The number of primary amides is 1. The fraction of sp³-hybridized carbons (Fsp3) is 0.364. The van der Waals surface area contributed by atoms with Crippen LogP contribution in [0.2, 0.25) is 0 Å². The van der Waals surface area contributed by atoms with Crippen molar-refractivity contribution < 1.29 is 4.79 Å². The second-order valence-electron chi connectivity index (χ2n) is 3.91. The van der Waals surface area contributed by atoms with Crippen molar-refractivity contribution in [3.63, 3.8) is 0 Å². The van der Waals surface area contributed by atoms with E-state index >= 15 is 0 Å². The number of anilines is 1. The molecule has 0 spiro atoms. The zero-order chi connectivity index (χ0) is 13.1. The predicted octanol–water partition coefficient (Wildman–Crippen LogP) is 1.69. The Morgan fingerprint density at radius 3 is 2.83 bits per heavy atom. The van der Waals surface area contributed by atoms with Gasteiger partial charge in [0.2, 0.25) is 0 Å². The van der Waals surface area contributed by atoms with Crippen molar-refractivity contribution in [1.29, 1.82) is 0 Å². The van der Waals surface area contributed by atoms with Crippen molar-refractivity contribution in [2.45, 2.75) is 13.3 Å². The smallest absolute Gasteiger partial charge is 0.268 e. The molecule has 2 rings (SSSR count). The summed E-state index contributed by atoms with van der Waals surface area (Å²) in [6.45, 7) is 2.86. The molecule has 0 aliphatic heterocycles. The summed E-state index contributed by atoms with van der Waals surface area (Å²) in [6.07, 6.45) is 0.929.